The van der Waals surface area contributed by atoms with Crippen molar-refractivity contribution in [2.45, 2.75) is 18.2 Å². The Bertz CT molecular complexity index is 517. The van der Waals surface area contributed by atoms with Gasteiger partial charge in [-0.25, -0.2) is 22.3 Å². The highest BCUT2D eigenvalue weighted by Gasteiger charge is 2.16. The van der Waals surface area contributed by atoms with Crippen molar-refractivity contribution in [3.8, 4) is 0 Å². The quantitative estimate of drug-likeness (QED) is 0.704. The number of hydrogen-bond donors (Lipinski definition) is 3. The van der Waals surface area contributed by atoms with Crippen LogP contribution in [0, 0.1) is 6.92 Å². The molecular weight excluding hydrogens is 252 g/mol. The van der Waals surface area contributed by atoms with Crippen molar-refractivity contribution in [3.05, 3.63) is 17.7 Å². The van der Waals surface area contributed by atoms with Gasteiger partial charge in [0.1, 0.15) is 0 Å². The molecule has 0 amide bonds. The fourth-order valence-electron chi connectivity index (χ4n) is 1.38. The lowest BCUT2D eigenvalue weighted by Gasteiger charge is -2.13. The standard InChI is InChI=1S/C9H13F2N3O2S/c1-5-7(14-4-9(10)11)2-6(12)3-8(5)17(13,15)16/h2-3,9,14H,4,12H2,1H3,(H2,13,15,16). The first-order valence-electron chi connectivity index (χ1n) is 4.66. The van der Waals surface area contributed by atoms with Crippen LogP contribution in [0.5, 0.6) is 0 Å². The van der Waals surface area contributed by atoms with Crippen LogP contribution in [0.3, 0.4) is 0 Å². The maximum absolute atomic E-state index is 12.1. The molecule has 17 heavy (non-hydrogen) atoms. The normalized spacial score (nSPS) is 11.8. The summed E-state index contributed by atoms with van der Waals surface area (Å²) in [5.41, 5.74) is 6.12. The second kappa shape index (κ2) is 4.84. The second-order valence-corrected chi connectivity index (χ2v) is 5.04. The summed E-state index contributed by atoms with van der Waals surface area (Å²) in [5, 5.41) is 7.41. The Hall–Kier alpha value is -1.41. The van der Waals surface area contributed by atoms with E-state index in [0.29, 0.717) is 0 Å². The van der Waals surface area contributed by atoms with Gasteiger partial charge in [0.25, 0.3) is 6.43 Å². The molecule has 0 aromatic heterocycles. The van der Waals surface area contributed by atoms with E-state index in [2.05, 4.69) is 5.32 Å². The summed E-state index contributed by atoms with van der Waals surface area (Å²) in [4.78, 5) is -0.172. The van der Waals surface area contributed by atoms with Gasteiger partial charge in [0.05, 0.1) is 11.4 Å². The van der Waals surface area contributed by atoms with Crippen LogP contribution in [0.4, 0.5) is 20.2 Å². The zero-order valence-corrected chi connectivity index (χ0v) is 9.89. The van der Waals surface area contributed by atoms with E-state index in [0.717, 1.165) is 0 Å². The molecule has 5 nitrogen and oxygen atoms in total. The zero-order chi connectivity index (χ0) is 13.2. The van der Waals surface area contributed by atoms with E-state index in [9.17, 15) is 17.2 Å². The van der Waals surface area contributed by atoms with Crippen molar-refractivity contribution in [2.75, 3.05) is 17.6 Å². The van der Waals surface area contributed by atoms with Crippen LogP contribution < -0.4 is 16.2 Å². The molecule has 0 bridgehead atoms. The maximum Gasteiger partial charge on any atom is 0.255 e. The van der Waals surface area contributed by atoms with Crippen LogP contribution >= 0.6 is 0 Å². The predicted octanol–water partition coefficient (Wildman–Crippen LogP) is 0.902. The molecule has 1 rings (SSSR count). The fourth-order valence-corrected chi connectivity index (χ4v) is 2.21. The molecule has 1 aromatic carbocycles. The van der Waals surface area contributed by atoms with Crippen molar-refractivity contribution in [1.29, 1.82) is 0 Å². The van der Waals surface area contributed by atoms with Crippen molar-refractivity contribution < 1.29 is 17.2 Å². The molecule has 0 radical (unpaired) electrons. The van der Waals surface area contributed by atoms with Gasteiger partial charge < -0.3 is 11.1 Å². The number of alkyl halides is 2. The number of nitrogens with one attached hydrogen (secondary N) is 1. The lowest BCUT2D eigenvalue weighted by molar-refractivity contribution is 0.163. The van der Waals surface area contributed by atoms with E-state index in [4.69, 9.17) is 10.9 Å². The molecule has 0 aliphatic rings. The van der Waals surface area contributed by atoms with E-state index in [1.165, 1.54) is 19.1 Å². The number of hydrogen-bond acceptors (Lipinski definition) is 4. The molecule has 0 saturated heterocycles. The monoisotopic (exact) mass is 265 g/mol. The fraction of sp³-hybridized carbons (Fsp3) is 0.333. The highest BCUT2D eigenvalue weighted by Crippen LogP contribution is 2.26. The SMILES string of the molecule is Cc1c(NCC(F)F)cc(N)cc1S(N)(=O)=O. The average molecular weight is 265 g/mol. The van der Waals surface area contributed by atoms with Gasteiger partial charge in [0.2, 0.25) is 10.0 Å². The van der Waals surface area contributed by atoms with Crippen LogP contribution in [0.25, 0.3) is 0 Å². The van der Waals surface area contributed by atoms with E-state index < -0.39 is 23.0 Å². The molecule has 0 heterocycles. The second-order valence-electron chi connectivity index (χ2n) is 3.51. The molecule has 96 valence electrons. The van der Waals surface area contributed by atoms with E-state index >= 15 is 0 Å². The number of nitrogen functional groups attached to an aromatic ring is 1. The van der Waals surface area contributed by atoms with Crippen LogP contribution in [0.1, 0.15) is 5.56 Å². The Morgan fingerprint density at radius 2 is 2.00 bits per heavy atom. The maximum atomic E-state index is 12.1. The van der Waals surface area contributed by atoms with Gasteiger partial charge >= 0.3 is 0 Å². The largest absolute Gasteiger partial charge is 0.399 e. The number of halogens is 2. The molecule has 0 spiro atoms. The molecule has 0 aliphatic heterocycles. The molecule has 8 heteroatoms. The smallest absolute Gasteiger partial charge is 0.255 e. The molecule has 0 atom stereocenters. The summed E-state index contributed by atoms with van der Waals surface area (Å²) in [7, 11) is -3.92. The van der Waals surface area contributed by atoms with Crippen LogP contribution in [0.2, 0.25) is 0 Å². The van der Waals surface area contributed by atoms with Gasteiger partial charge in [-0.3, -0.25) is 0 Å². The zero-order valence-electron chi connectivity index (χ0n) is 9.07. The molecule has 1 aromatic rings. The van der Waals surface area contributed by atoms with Gasteiger partial charge in [0, 0.05) is 11.4 Å². The Morgan fingerprint density at radius 1 is 1.41 bits per heavy atom. The Balaban J connectivity index is 3.20. The number of benzene rings is 1. The molecule has 0 aliphatic carbocycles. The minimum Gasteiger partial charge on any atom is -0.399 e. The Labute approximate surface area is 97.8 Å². The summed E-state index contributed by atoms with van der Waals surface area (Å²) in [5.74, 6) is 0. The number of nitrogens with two attached hydrogens (primary N) is 2. The number of primary sulfonamides is 1. The molecule has 0 fully saturated rings. The summed E-state index contributed by atoms with van der Waals surface area (Å²) in [6.45, 7) is 0.876. The lowest BCUT2D eigenvalue weighted by Crippen LogP contribution is -2.17. The van der Waals surface area contributed by atoms with Crippen molar-refractivity contribution in [2.24, 2.45) is 5.14 Å². The Morgan fingerprint density at radius 3 is 2.47 bits per heavy atom. The van der Waals surface area contributed by atoms with Crippen LogP contribution in [0.15, 0.2) is 17.0 Å². The summed E-state index contributed by atoms with van der Waals surface area (Å²) < 4.78 is 46.6. The first-order valence-corrected chi connectivity index (χ1v) is 6.21. The summed E-state index contributed by atoms with van der Waals surface area (Å²) in [6, 6.07) is 2.57. The number of rotatable bonds is 4. The first-order chi connectivity index (χ1) is 7.71. The minimum absolute atomic E-state index is 0.136. The molecule has 0 saturated carbocycles. The third kappa shape index (κ3) is 3.53. The van der Waals surface area contributed by atoms with Crippen LogP contribution in [-0.4, -0.2) is 21.4 Å². The Kier molecular flexibility index (Phi) is 3.89. The van der Waals surface area contributed by atoms with E-state index in [-0.39, 0.29) is 21.8 Å². The molecule has 0 unspecified atom stereocenters. The minimum atomic E-state index is -3.92. The lowest BCUT2D eigenvalue weighted by atomic mass is 10.2. The average Bonchev–Trinajstić information content (AvgIpc) is 2.17. The van der Waals surface area contributed by atoms with Gasteiger partial charge in [-0.05, 0) is 24.6 Å². The highest BCUT2D eigenvalue weighted by molar-refractivity contribution is 7.89. The molecule has 5 N–H and O–H groups in total. The van der Waals surface area contributed by atoms with Gasteiger partial charge in [-0.1, -0.05) is 0 Å². The van der Waals surface area contributed by atoms with Crippen molar-refractivity contribution >= 4 is 21.4 Å². The number of anilines is 2. The highest BCUT2D eigenvalue weighted by atomic mass is 32.2. The molecular formula is C9H13F2N3O2S. The van der Waals surface area contributed by atoms with Crippen LogP contribution in [-0.2, 0) is 10.0 Å². The predicted molar refractivity (Wildman–Crippen MR) is 61.5 cm³/mol. The van der Waals surface area contributed by atoms with Gasteiger partial charge in [0.15, 0.2) is 0 Å². The van der Waals surface area contributed by atoms with E-state index in [1.54, 1.807) is 0 Å². The topological polar surface area (TPSA) is 98.2 Å². The third-order valence-electron chi connectivity index (χ3n) is 2.14. The third-order valence-corrected chi connectivity index (χ3v) is 3.17. The summed E-state index contributed by atoms with van der Waals surface area (Å²) >= 11 is 0. The first kappa shape index (κ1) is 13.7. The van der Waals surface area contributed by atoms with Crippen molar-refractivity contribution in [1.82, 2.24) is 0 Å². The van der Waals surface area contributed by atoms with Crippen molar-refractivity contribution in [3.63, 3.8) is 0 Å². The van der Waals surface area contributed by atoms with Gasteiger partial charge in [-0.15, -0.1) is 0 Å². The van der Waals surface area contributed by atoms with E-state index in [1.807, 2.05) is 0 Å². The summed E-state index contributed by atoms with van der Waals surface area (Å²) in [6.07, 6.45) is -2.55. The number of sulfonamides is 1. The van der Waals surface area contributed by atoms with Gasteiger partial charge in [-0.2, -0.15) is 0 Å².